The molecule has 1 heterocycles. The molecule has 3 aromatic rings. The maximum absolute atomic E-state index is 13.6. The number of amides is 2. The van der Waals surface area contributed by atoms with Gasteiger partial charge >= 0.3 is 0 Å². The van der Waals surface area contributed by atoms with Gasteiger partial charge in [0.25, 0.3) is 5.91 Å². The van der Waals surface area contributed by atoms with Crippen molar-refractivity contribution in [3.63, 3.8) is 0 Å². The van der Waals surface area contributed by atoms with Crippen LogP contribution in [0.5, 0.6) is 0 Å². The van der Waals surface area contributed by atoms with E-state index in [1.807, 2.05) is 62.4 Å². The van der Waals surface area contributed by atoms with Crippen LogP contribution in [-0.2, 0) is 16.0 Å². The first-order chi connectivity index (χ1) is 16.8. The van der Waals surface area contributed by atoms with Crippen LogP contribution in [0.1, 0.15) is 23.1 Å². The second-order valence-electron chi connectivity index (χ2n) is 8.54. The number of carbonyl (C=O) groups is 2. The lowest BCUT2D eigenvalue weighted by Crippen LogP contribution is -2.48. The third-order valence-electron chi connectivity index (χ3n) is 6.04. The summed E-state index contributed by atoms with van der Waals surface area (Å²) in [6, 6.07) is 20.1. The Kier molecular flexibility index (Phi) is 7.75. The Labute approximate surface area is 220 Å². The van der Waals surface area contributed by atoms with E-state index in [4.69, 9.17) is 35.4 Å². The quantitative estimate of drug-likeness (QED) is 0.307. The van der Waals surface area contributed by atoms with E-state index in [1.54, 1.807) is 23.1 Å². The topological polar surface area (TPSA) is 52.7 Å². The van der Waals surface area contributed by atoms with Gasteiger partial charge in [-0.1, -0.05) is 71.7 Å². The van der Waals surface area contributed by atoms with Crippen LogP contribution in [0.4, 0.5) is 11.4 Å². The Bertz CT molecular complexity index is 1260. The van der Waals surface area contributed by atoms with E-state index < -0.39 is 11.9 Å². The van der Waals surface area contributed by atoms with E-state index in [1.165, 1.54) is 0 Å². The van der Waals surface area contributed by atoms with E-state index in [2.05, 4.69) is 5.32 Å². The summed E-state index contributed by atoms with van der Waals surface area (Å²) in [4.78, 5) is 29.6. The molecule has 2 amide bonds. The molecule has 0 aliphatic carbocycles. The van der Waals surface area contributed by atoms with Crippen molar-refractivity contribution in [3.8, 4) is 0 Å². The highest BCUT2D eigenvalue weighted by atomic mass is 35.5. The van der Waals surface area contributed by atoms with Gasteiger partial charge < -0.3 is 10.2 Å². The van der Waals surface area contributed by atoms with Crippen molar-refractivity contribution in [1.82, 2.24) is 4.90 Å². The van der Waals surface area contributed by atoms with Crippen molar-refractivity contribution in [2.24, 2.45) is 0 Å². The molecule has 0 aromatic heterocycles. The van der Waals surface area contributed by atoms with Gasteiger partial charge in [0, 0.05) is 12.2 Å². The number of thiocarbonyl (C=S) groups is 1. The minimum absolute atomic E-state index is 0.0240. The number of benzene rings is 3. The maximum atomic E-state index is 13.6. The Morgan fingerprint density at radius 1 is 1.03 bits per heavy atom. The molecule has 4 rings (SSSR count). The van der Waals surface area contributed by atoms with Gasteiger partial charge in [-0.05, 0) is 67.4 Å². The predicted octanol–water partition coefficient (Wildman–Crippen LogP) is 6.18. The average Bonchev–Trinajstić information content (AvgIpc) is 3.11. The molecular formula is C27H25Cl2N3O2S. The molecule has 5 nitrogen and oxygen atoms in total. The highest BCUT2D eigenvalue weighted by molar-refractivity contribution is 7.80. The summed E-state index contributed by atoms with van der Waals surface area (Å²) in [6.07, 6.45) is 0.629. The van der Waals surface area contributed by atoms with E-state index in [0.717, 1.165) is 27.3 Å². The number of halogens is 2. The normalized spacial score (nSPS) is 15.4. The molecule has 180 valence electrons. The first kappa shape index (κ1) is 25.2. The van der Waals surface area contributed by atoms with Gasteiger partial charge in [0.05, 0.1) is 22.2 Å². The summed E-state index contributed by atoms with van der Waals surface area (Å²) in [7, 11) is 0. The van der Waals surface area contributed by atoms with Crippen molar-refractivity contribution in [1.29, 1.82) is 0 Å². The zero-order valence-corrected chi connectivity index (χ0v) is 21.8. The fourth-order valence-corrected chi connectivity index (χ4v) is 5.04. The van der Waals surface area contributed by atoms with Gasteiger partial charge in [-0.2, -0.15) is 0 Å². The van der Waals surface area contributed by atoms with Gasteiger partial charge in [-0.25, -0.2) is 4.90 Å². The third-order valence-corrected chi connectivity index (χ3v) is 6.99. The molecule has 8 heteroatoms. The first-order valence-electron chi connectivity index (χ1n) is 11.3. The SMILES string of the molecule is Cc1ccc(C)c(NC(=S)N(CCc2ccccc2)C2CC(=O)N(c3c(Cl)cccc3Cl)C2=O)c1. The van der Waals surface area contributed by atoms with Gasteiger partial charge in [-0.3, -0.25) is 9.59 Å². The van der Waals surface area contributed by atoms with E-state index >= 15 is 0 Å². The summed E-state index contributed by atoms with van der Waals surface area (Å²) in [5, 5.41) is 4.17. The van der Waals surface area contributed by atoms with Crippen molar-refractivity contribution in [3.05, 3.63) is 93.5 Å². The summed E-state index contributed by atoms with van der Waals surface area (Å²) in [5.74, 6) is -0.766. The molecule has 0 radical (unpaired) electrons. The number of nitrogens with zero attached hydrogens (tertiary/aromatic N) is 2. The molecule has 1 aliphatic rings. The monoisotopic (exact) mass is 525 g/mol. The Morgan fingerprint density at radius 2 is 1.71 bits per heavy atom. The number of aryl methyl sites for hydroxylation is 2. The molecule has 1 saturated heterocycles. The van der Waals surface area contributed by atoms with Gasteiger partial charge in [0.15, 0.2) is 5.11 Å². The van der Waals surface area contributed by atoms with Gasteiger partial charge in [0.2, 0.25) is 5.91 Å². The second-order valence-corrected chi connectivity index (χ2v) is 9.74. The molecule has 1 unspecified atom stereocenters. The van der Waals surface area contributed by atoms with Crippen LogP contribution in [0.2, 0.25) is 10.0 Å². The molecule has 1 N–H and O–H groups in total. The molecule has 3 aromatic carbocycles. The highest BCUT2D eigenvalue weighted by Crippen LogP contribution is 2.37. The lowest BCUT2D eigenvalue weighted by atomic mass is 10.1. The minimum Gasteiger partial charge on any atom is -0.336 e. The third kappa shape index (κ3) is 5.50. The summed E-state index contributed by atoms with van der Waals surface area (Å²) >= 11 is 18.4. The smallest absolute Gasteiger partial charge is 0.257 e. The summed E-state index contributed by atoms with van der Waals surface area (Å²) < 4.78 is 0. The van der Waals surface area contributed by atoms with Crippen LogP contribution in [0.3, 0.4) is 0 Å². The zero-order chi connectivity index (χ0) is 25.1. The first-order valence-corrected chi connectivity index (χ1v) is 12.4. The molecule has 1 fully saturated rings. The van der Waals surface area contributed by atoms with E-state index in [0.29, 0.717) is 18.1 Å². The minimum atomic E-state index is -0.774. The van der Waals surface area contributed by atoms with E-state index in [9.17, 15) is 9.59 Å². The fourth-order valence-electron chi connectivity index (χ4n) is 4.15. The maximum Gasteiger partial charge on any atom is 0.257 e. The molecule has 1 aliphatic heterocycles. The largest absolute Gasteiger partial charge is 0.336 e. The number of imide groups is 1. The average molecular weight is 526 g/mol. The van der Waals surface area contributed by atoms with Crippen molar-refractivity contribution < 1.29 is 9.59 Å². The number of carbonyl (C=O) groups excluding carboxylic acids is 2. The Morgan fingerprint density at radius 3 is 2.40 bits per heavy atom. The standard InChI is InChI=1S/C27H25Cl2N3O2S/c1-17-11-12-18(2)22(15-17)30-27(35)31(14-13-19-7-4-3-5-8-19)23-16-24(33)32(26(23)34)25-20(28)9-6-10-21(25)29/h3-12,15,23H,13-14,16H2,1-2H3,(H,30,35). The van der Waals surface area contributed by atoms with Crippen LogP contribution in [0.25, 0.3) is 0 Å². The summed E-state index contributed by atoms with van der Waals surface area (Å²) in [6.45, 7) is 4.45. The van der Waals surface area contributed by atoms with Crippen LogP contribution in [0.15, 0.2) is 66.7 Å². The highest BCUT2D eigenvalue weighted by Gasteiger charge is 2.44. The van der Waals surface area contributed by atoms with Gasteiger partial charge in [-0.15, -0.1) is 0 Å². The molecule has 1 atom stereocenters. The zero-order valence-electron chi connectivity index (χ0n) is 19.4. The molecule has 0 bridgehead atoms. The number of para-hydroxylation sites is 1. The molecule has 0 spiro atoms. The lowest BCUT2D eigenvalue weighted by Gasteiger charge is -2.31. The number of anilines is 2. The van der Waals surface area contributed by atoms with Gasteiger partial charge in [0.1, 0.15) is 6.04 Å². The number of hydrogen-bond donors (Lipinski definition) is 1. The Hall–Kier alpha value is -2.93. The molecule has 35 heavy (non-hydrogen) atoms. The fraction of sp³-hybridized carbons (Fsp3) is 0.222. The number of nitrogens with one attached hydrogen (secondary N) is 1. The number of hydrogen-bond acceptors (Lipinski definition) is 3. The number of rotatable bonds is 6. The second kappa shape index (κ2) is 10.8. The van der Waals surface area contributed by atoms with E-state index in [-0.39, 0.29) is 28.1 Å². The molecular weight excluding hydrogens is 501 g/mol. The molecule has 0 saturated carbocycles. The summed E-state index contributed by atoms with van der Waals surface area (Å²) in [5.41, 5.74) is 4.30. The lowest BCUT2D eigenvalue weighted by molar-refractivity contribution is -0.122. The Balaban J connectivity index is 1.64. The van der Waals surface area contributed by atoms with Crippen LogP contribution in [-0.4, -0.2) is 34.4 Å². The predicted molar refractivity (Wildman–Crippen MR) is 146 cm³/mol. The van der Waals surface area contributed by atoms with Crippen LogP contribution < -0.4 is 10.2 Å². The van der Waals surface area contributed by atoms with Crippen LogP contribution >= 0.6 is 35.4 Å². The van der Waals surface area contributed by atoms with Crippen molar-refractivity contribution in [2.45, 2.75) is 32.7 Å². The van der Waals surface area contributed by atoms with Crippen LogP contribution in [0, 0.1) is 13.8 Å². The van der Waals surface area contributed by atoms with Crippen molar-refractivity contribution >= 4 is 63.7 Å². The van der Waals surface area contributed by atoms with Crippen molar-refractivity contribution in [2.75, 3.05) is 16.8 Å².